The molecule has 19 heavy (non-hydrogen) atoms. The van der Waals surface area contributed by atoms with Gasteiger partial charge in [0, 0.05) is 12.4 Å². The molecule has 0 radical (unpaired) electrons. The normalized spacial score (nSPS) is 11.3. The number of rotatable bonds is 1. The third-order valence-electron chi connectivity index (χ3n) is 3.03. The van der Waals surface area contributed by atoms with E-state index < -0.39 is 5.97 Å². The molecule has 0 fully saturated rings. The summed E-state index contributed by atoms with van der Waals surface area (Å²) in [5.74, 6) is -0.742. The van der Waals surface area contributed by atoms with E-state index in [2.05, 4.69) is 10.1 Å². The molecule has 7 heteroatoms. The van der Waals surface area contributed by atoms with Gasteiger partial charge in [-0.2, -0.15) is 5.10 Å². The number of fused-ring (bicyclic) bond motifs is 3. The number of aromatic nitrogens is 3. The summed E-state index contributed by atoms with van der Waals surface area (Å²) < 4.78 is 1.63. The molecule has 0 amide bonds. The van der Waals surface area contributed by atoms with Crippen LogP contribution in [0.1, 0.15) is 10.4 Å². The topological polar surface area (TPSA) is 94.0 Å². The predicted octanol–water partition coefficient (Wildman–Crippen LogP) is 2.06. The fourth-order valence-corrected chi connectivity index (χ4v) is 2.38. The molecule has 0 spiro atoms. The summed E-state index contributed by atoms with van der Waals surface area (Å²) in [6.45, 7) is 0. The highest BCUT2D eigenvalue weighted by molar-refractivity contribution is 6.34. The minimum Gasteiger partial charge on any atom is -0.478 e. The highest BCUT2D eigenvalue weighted by Crippen LogP contribution is 2.31. The van der Waals surface area contributed by atoms with Crippen LogP contribution in [-0.2, 0) is 7.05 Å². The fourth-order valence-electron chi connectivity index (χ4n) is 2.14. The molecule has 3 rings (SSSR count). The highest BCUT2D eigenvalue weighted by Gasteiger charge is 2.15. The van der Waals surface area contributed by atoms with Gasteiger partial charge >= 0.3 is 5.97 Å². The molecule has 3 N–H and O–H groups in total. The van der Waals surface area contributed by atoms with E-state index in [4.69, 9.17) is 22.4 Å². The number of nitrogens with two attached hydrogens (primary N) is 1. The van der Waals surface area contributed by atoms with E-state index in [9.17, 15) is 4.79 Å². The largest absolute Gasteiger partial charge is 0.478 e. The Labute approximate surface area is 112 Å². The Kier molecular flexibility index (Phi) is 2.36. The van der Waals surface area contributed by atoms with Crippen molar-refractivity contribution >= 4 is 45.2 Å². The average molecular weight is 277 g/mol. The third kappa shape index (κ3) is 1.61. The Bertz CT molecular complexity index is 841. The summed E-state index contributed by atoms with van der Waals surface area (Å²) in [5.41, 5.74) is 7.17. The highest BCUT2D eigenvalue weighted by atomic mass is 35.5. The number of anilines is 1. The Morgan fingerprint density at radius 1 is 1.42 bits per heavy atom. The van der Waals surface area contributed by atoms with Crippen molar-refractivity contribution in [1.82, 2.24) is 14.8 Å². The molecule has 2 heterocycles. The van der Waals surface area contributed by atoms with Gasteiger partial charge in [-0.05, 0) is 12.1 Å². The molecule has 0 aliphatic rings. The van der Waals surface area contributed by atoms with Gasteiger partial charge in [0.25, 0.3) is 0 Å². The van der Waals surface area contributed by atoms with Gasteiger partial charge in [-0.15, -0.1) is 0 Å². The second kappa shape index (κ2) is 3.83. The van der Waals surface area contributed by atoms with Crippen molar-refractivity contribution in [2.75, 3.05) is 5.73 Å². The molecule has 2 aromatic heterocycles. The lowest BCUT2D eigenvalue weighted by Gasteiger charge is -2.06. The average Bonchev–Trinajstić information content (AvgIpc) is 2.71. The summed E-state index contributed by atoms with van der Waals surface area (Å²) >= 11 is 5.93. The number of aromatic carboxylic acids is 1. The summed E-state index contributed by atoms with van der Waals surface area (Å²) in [5, 5.41) is 14.7. The second-order valence-electron chi connectivity index (χ2n) is 4.18. The van der Waals surface area contributed by atoms with Crippen molar-refractivity contribution < 1.29 is 9.90 Å². The number of hydrogen-bond donors (Lipinski definition) is 2. The first-order valence-electron chi connectivity index (χ1n) is 5.42. The van der Waals surface area contributed by atoms with Crippen molar-refractivity contribution in [2.45, 2.75) is 0 Å². The van der Waals surface area contributed by atoms with E-state index >= 15 is 0 Å². The molecule has 1 aromatic carbocycles. The smallest absolute Gasteiger partial charge is 0.337 e. The van der Waals surface area contributed by atoms with Crippen LogP contribution in [0.3, 0.4) is 0 Å². The lowest BCUT2D eigenvalue weighted by Crippen LogP contribution is -2.00. The first kappa shape index (κ1) is 11.7. The number of pyridine rings is 1. The maximum atomic E-state index is 11.1. The lowest BCUT2D eigenvalue weighted by molar-refractivity contribution is 0.0697. The van der Waals surface area contributed by atoms with E-state index in [0.717, 1.165) is 5.52 Å². The van der Waals surface area contributed by atoms with Crippen LogP contribution in [0.4, 0.5) is 5.82 Å². The fraction of sp³-hybridized carbons (Fsp3) is 0.0833. The van der Waals surface area contributed by atoms with Gasteiger partial charge in [0.05, 0.1) is 33.2 Å². The van der Waals surface area contributed by atoms with Crippen LogP contribution in [0.5, 0.6) is 0 Å². The number of carboxylic acid groups (broad SMARTS) is 1. The number of halogens is 1. The second-order valence-corrected chi connectivity index (χ2v) is 4.59. The lowest BCUT2D eigenvalue weighted by atomic mass is 10.1. The SMILES string of the molecule is Cn1ncc2c(N)nc3cc(Cl)c(C(=O)O)cc3c21. The van der Waals surface area contributed by atoms with Gasteiger partial charge in [0.2, 0.25) is 0 Å². The van der Waals surface area contributed by atoms with Crippen LogP contribution in [0.15, 0.2) is 18.3 Å². The summed E-state index contributed by atoms with van der Waals surface area (Å²) in [7, 11) is 1.76. The van der Waals surface area contributed by atoms with Gasteiger partial charge in [0.15, 0.2) is 0 Å². The minimum atomic E-state index is -1.08. The van der Waals surface area contributed by atoms with Crippen LogP contribution in [0.25, 0.3) is 21.8 Å². The number of aryl methyl sites for hydroxylation is 1. The number of nitrogens with zero attached hydrogens (tertiary/aromatic N) is 3. The maximum absolute atomic E-state index is 11.1. The van der Waals surface area contributed by atoms with Crippen LogP contribution in [-0.4, -0.2) is 25.8 Å². The van der Waals surface area contributed by atoms with E-state index in [1.165, 1.54) is 12.1 Å². The Morgan fingerprint density at radius 3 is 2.84 bits per heavy atom. The van der Waals surface area contributed by atoms with Crippen molar-refractivity contribution in [3.05, 3.63) is 28.9 Å². The van der Waals surface area contributed by atoms with Gasteiger partial charge in [-0.3, -0.25) is 4.68 Å². The summed E-state index contributed by atoms with van der Waals surface area (Å²) in [4.78, 5) is 15.4. The molecule has 0 saturated carbocycles. The van der Waals surface area contributed by atoms with Gasteiger partial charge in [-0.1, -0.05) is 11.6 Å². The molecule has 6 nitrogen and oxygen atoms in total. The van der Waals surface area contributed by atoms with E-state index in [0.29, 0.717) is 22.1 Å². The molecule has 96 valence electrons. The Balaban J connectivity index is 2.56. The van der Waals surface area contributed by atoms with Crippen molar-refractivity contribution in [1.29, 1.82) is 0 Å². The molecule has 0 unspecified atom stereocenters. The molecule has 0 atom stereocenters. The molecule has 0 aliphatic carbocycles. The van der Waals surface area contributed by atoms with E-state index in [-0.39, 0.29) is 10.6 Å². The van der Waals surface area contributed by atoms with Crippen LogP contribution in [0, 0.1) is 0 Å². The Hall–Kier alpha value is -2.34. The number of hydrogen-bond acceptors (Lipinski definition) is 4. The zero-order valence-corrected chi connectivity index (χ0v) is 10.6. The van der Waals surface area contributed by atoms with Crippen molar-refractivity contribution in [3.63, 3.8) is 0 Å². The molecule has 3 aromatic rings. The van der Waals surface area contributed by atoms with Crippen LogP contribution in [0.2, 0.25) is 5.02 Å². The van der Waals surface area contributed by atoms with Crippen LogP contribution < -0.4 is 5.73 Å². The van der Waals surface area contributed by atoms with Gasteiger partial charge in [0.1, 0.15) is 5.82 Å². The first-order valence-corrected chi connectivity index (χ1v) is 5.80. The standard InChI is InChI=1S/C12H9ClN4O2/c1-17-10-6-2-5(12(18)19)8(13)3-9(6)16-11(14)7(10)4-15-17/h2-4H,1H3,(H2,14,16)(H,18,19). The number of carboxylic acids is 1. The number of carbonyl (C=O) groups is 1. The van der Waals surface area contributed by atoms with Crippen LogP contribution >= 0.6 is 11.6 Å². The molecule has 0 bridgehead atoms. The summed E-state index contributed by atoms with van der Waals surface area (Å²) in [6.07, 6.45) is 1.60. The Morgan fingerprint density at radius 2 is 2.16 bits per heavy atom. The molecule has 0 saturated heterocycles. The molecule has 0 aliphatic heterocycles. The zero-order valence-electron chi connectivity index (χ0n) is 9.88. The monoisotopic (exact) mass is 276 g/mol. The molecular formula is C12H9ClN4O2. The zero-order chi connectivity index (χ0) is 13.7. The third-order valence-corrected chi connectivity index (χ3v) is 3.34. The quantitative estimate of drug-likeness (QED) is 0.709. The minimum absolute atomic E-state index is 0.0308. The maximum Gasteiger partial charge on any atom is 0.337 e. The predicted molar refractivity (Wildman–Crippen MR) is 72.4 cm³/mol. The number of benzene rings is 1. The number of nitrogen functional groups attached to an aromatic ring is 1. The van der Waals surface area contributed by atoms with Crippen molar-refractivity contribution in [3.8, 4) is 0 Å². The summed E-state index contributed by atoms with van der Waals surface area (Å²) in [6, 6.07) is 3.00. The molecular weight excluding hydrogens is 268 g/mol. The van der Waals surface area contributed by atoms with E-state index in [1.54, 1.807) is 17.9 Å². The first-order chi connectivity index (χ1) is 8.99. The van der Waals surface area contributed by atoms with Crippen molar-refractivity contribution in [2.24, 2.45) is 7.05 Å². The van der Waals surface area contributed by atoms with E-state index in [1.807, 2.05) is 0 Å². The van der Waals surface area contributed by atoms with Gasteiger partial charge in [-0.25, -0.2) is 9.78 Å². The van der Waals surface area contributed by atoms with Gasteiger partial charge < -0.3 is 10.8 Å².